The van der Waals surface area contributed by atoms with Crippen LogP contribution in [0.1, 0.15) is 26.7 Å². The SMILES string of the molecule is CC1CCCN(C(=O)CN2CC(C)C(N)C2)C1. The van der Waals surface area contributed by atoms with Crippen LogP contribution in [0, 0.1) is 11.8 Å². The molecule has 2 fully saturated rings. The van der Waals surface area contributed by atoms with Crippen molar-refractivity contribution in [1.29, 1.82) is 0 Å². The van der Waals surface area contributed by atoms with Crippen LogP contribution >= 0.6 is 0 Å². The molecule has 0 spiro atoms. The van der Waals surface area contributed by atoms with E-state index in [1.165, 1.54) is 6.42 Å². The number of nitrogens with zero attached hydrogens (tertiary/aromatic N) is 2. The van der Waals surface area contributed by atoms with Gasteiger partial charge in [0.15, 0.2) is 0 Å². The van der Waals surface area contributed by atoms with E-state index in [9.17, 15) is 4.79 Å². The lowest BCUT2D eigenvalue weighted by Crippen LogP contribution is -2.44. The van der Waals surface area contributed by atoms with Gasteiger partial charge in [-0.3, -0.25) is 9.69 Å². The topological polar surface area (TPSA) is 49.6 Å². The maximum Gasteiger partial charge on any atom is 0.236 e. The third-order valence-electron chi connectivity index (χ3n) is 4.11. The molecule has 0 aromatic carbocycles. The van der Waals surface area contributed by atoms with Crippen LogP contribution in [0.15, 0.2) is 0 Å². The summed E-state index contributed by atoms with van der Waals surface area (Å²) in [5, 5.41) is 0. The Balaban J connectivity index is 1.81. The van der Waals surface area contributed by atoms with Gasteiger partial charge in [-0.1, -0.05) is 13.8 Å². The first kappa shape index (κ1) is 12.8. The van der Waals surface area contributed by atoms with Gasteiger partial charge in [-0.15, -0.1) is 0 Å². The largest absolute Gasteiger partial charge is 0.341 e. The zero-order valence-electron chi connectivity index (χ0n) is 11.1. The highest BCUT2D eigenvalue weighted by Gasteiger charge is 2.29. The van der Waals surface area contributed by atoms with Crippen molar-refractivity contribution in [3.63, 3.8) is 0 Å². The molecule has 0 aromatic heterocycles. The number of carbonyl (C=O) groups is 1. The van der Waals surface area contributed by atoms with Crippen molar-refractivity contribution in [1.82, 2.24) is 9.80 Å². The van der Waals surface area contributed by atoms with Crippen molar-refractivity contribution in [2.45, 2.75) is 32.7 Å². The Morgan fingerprint density at radius 3 is 2.65 bits per heavy atom. The first-order chi connectivity index (χ1) is 8.06. The molecule has 2 aliphatic rings. The molecule has 0 radical (unpaired) electrons. The predicted octanol–water partition coefficient (Wildman–Crippen LogP) is 0.524. The highest BCUT2D eigenvalue weighted by molar-refractivity contribution is 5.78. The van der Waals surface area contributed by atoms with Gasteiger partial charge in [0.25, 0.3) is 0 Å². The molecule has 2 heterocycles. The number of hydrogen-bond donors (Lipinski definition) is 1. The third-order valence-corrected chi connectivity index (χ3v) is 4.11. The summed E-state index contributed by atoms with van der Waals surface area (Å²) < 4.78 is 0. The highest BCUT2D eigenvalue weighted by Crippen LogP contribution is 2.17. The Labute approximate surface area is 104 Å². The molecule has 3 unspecified atom stereocenters. The van der Waals surface area contributed by atoms with Crippen LogP contribution in [0.3, 0.4) is 0 Å². The predicted molar refractivity (Wildman–Crippen MR) is 68.6 cm³/mol. The lowest BCUT2D eigenvalue weighted by molar-refractivity contribution is -0.133. The molecule has 2 saturated heterocycles. The fraction of sp³-hybridized carbons (Fsp3) is 0.923. The molecule has 17 heavy (non-hydrogen) atoms. The Morgan fingerprint density at radius 2 is 2.06 bits per heavy atom. The quantitative estimate of drug-likeness (QED) is 0.764. The van der Waals surface area contributed by atoms with Gasteiger partial charge in [0.1, 0.15) is 0 Å². The second-order valence-electron chi connectivity index (χ2n) is 5.92. The van der Waals surface area contributed by atoms with Crippen molar-refractivity contribution in [2.75, 3.05) is 32.7 Å². The molecule has 0 saturated carbocycles. The lowest BCUT2D eigenvalue weighted by Gasteiger charge is -2.32. The van der Waals surface area contributed by atoms with Crippen LogP contribution in [-0.2, 0) is 4.79 Å². The summed E-state index contributed by atoms with van der Waals surface area (Å²) in [5.41, 5.74) is 5.98. The number of carbonyl (C=O) groups excluding carboxylic acids is 1. The summed E-state index contributed by atoms with van der Waals surface area (Å²) in [6, 6.07) is 0.239. The smallest absolute Gasteiger partial charge is 0.236 e. The average molecular weight is 239 g/mol. The summed E-state index contributed by atoms with van der Waals surface area (Å²) in [6.45, 7) is 8.68. The van der Waals surface area contributed by atoms with E-state index in [0.717, 1.165) is 32.6 Å². The van der Waals surface area contributed by atoms with Crippen molar-refractivity contribution in [3.8, 4) is 0 Å². The Kier molecular flexibility index (Phi) is 4.05. The van der Waals surface area contributed by atoms with Crippen LogP contribution < -0.4 is 5.73 Å². The van der Waals surface area contributed by atoms with Gasteiger partial charge in [-0.05, 0) is 24.7 Å². The molecule has 1 amide bonds. The number of amides is 1. The maximum atomic E-state index is 12.2. The molecule has 0 aromatic rings. The second kappa shape index (κ2) is 5.36. The van der Waals surface area contributed by atoms with Gasteiger partial charge < -0.3 is 10.6 Å². The molecule has 3 atom stereocenters. The van der Waals surface area contributed by atoms with Crippen molar-refractivity contribution < 1.29 is 4.79 Å². The van der Waals surface area contributed by atoms with E-state index in [0.29, 0.717) is 18.4 Å². The number of nitrogens with two attached hydrogens (primary N) is 1. The summed E-state index contributed by atoms with van der Waals surface area (Å²) in [7, 11) is 0. The average Bonchev–Trinajstić information content (AvgIpc) is 2.58. The normalized spacial score (nSPS) is 35.2. The van der Waals surface area contributed by atoms with Gasteiger partial charge in [-0.25, -0.2) is 0 Å². The molecule has 4 heteroatoms. The van der Waals surface area contributed by atoms with E-state index in [2.05, 4.69) is 18.7 Å². The molecule has 2 N–H and O–H groups in total. The van der Waals surface area contributed by atoms with E-state index in [1.54, 1.807) is 0 Å². The van der Waals surface area contributed by atoms with Gasteiger partial charge >= 0.3 is 0 Å². The highest BCUT2D eigenvalue weighted by atomic mass is 16.2. The van der Waals surface area contributed by atoms with Crippen LogP contribution in [0.2, 0.25) is 0 Å². The summed E-state index contributed by atoms with van der Waals surface area (Å²) in [4.78, 5) is 16.4. The van der Waals surface area contributed by atoms with Crippen molar-refractivity contribution in [2.24, 2.45) is 17.6 Å². The minimum Gasteiger partial charge on any atom is -0.341 e. The Bertz CT molecular complexity index is 272. The zero-order valence-corrected chi connectivity index (χ0v) is 11.1. The number of hydrogen-bond acceptors (Lipinski definition) is 3. The van der Waals surface area contributed by atoms with Crippen molar-refractivity contribution in [3.05, 3.63) is 0 Å². The maximum absolute atomic E-state index is 12.2. The summed E-state index contributed by atoms with van der Waals surface area (Å²) in [5.74, 6) is 1.47. The molecule has 4 nitrogen and oxygen atoms in total. The number of rotatable bonds is 2. The first-order valence-electron chi connectivity index (χ1n) is 6.82. The second-order valence-corrected chi connectivity index (χ2v) is 5.92. The zero-order chi connectivity index (χ0) is 12.4. The lowest BCUT2D eigenvalue weighted by atomic mass is 10.0. The van der Waals surface area contributed by atoms with Gasteiger partial charge in [-0.2, -0.15) is 0 Å². The molecule has 0 aliphatic carbocycles. The number of piperidine rings is 1. The molecular formula is C13H25N3O. The molecule has 2 rings (SSSR count). The minimum atomic E-state index is 0.239. The van der Waals surface area contributed by atoms with E-state index in [-0.39, 0.29) is 11.9 Å². The molecule has 98 valence electrons. The molecule has 0 bridgehead atoms. The van der Waals surface area contributed by atoms with Gasteiger partial charge in [0.2, 0.25) is 5.91 Å². The van der Waals surface area contributed by atoms with Crippen LogP contribution in [0.5, 0.6) is 0 Å². The van der Waals surface area contributed by atoms with E-state index in [4.69, 9.17) is 5.73 Å². The van der Waals surface area contributed by atoms with E-state index >= 15 is 0 Å². The summed E-state index contributed by atoms with van der Waals surface area (Å²) in [6.07, 6.45) is 2.41. The Hall–Kier alpha value is -0.610. The molecular weight excluding hydrogens is 214 g/mol. The van der Waals surface area contributed by atoms with Gasteiger partial charge in [0, 0.05) is 32.2 Å². The number of likely N-dealkylation sites (tertiary alicyclic amines) is 2. The van der Waals surface area contributed by atoms with E-state index < -0.39 is 0 Å². The summed E-state index contributed by atoms with van der Waals surface area (Å²) >= 11 is 0. The van der Waals surface area contributed by atoms with E-state index in [1.807, 2.05) is 4.90 Å². The Morgan fingerprint density at radius 1 is 1.29 bits per heavy atom. The van der Waals surface area contributed by atoms with Gasteiger partial charge in [0.05, 0.1) is 6.54 Å². The van der Waals surface area contributed by atoms with Crippen LogP contribution in [-0.4, -0.2) is 54.5 Å². The van der Waals surface area contributed by atoms with Crippen LogP contribution in [0.25, 0.3) is 0 Å². The fourth-order valence-electron chi connectivity index (χ4n) is 2.93. The standard InChI is InChI=1S/C13H25N3O/c1-10-4-3-5-16(6-10)13(17)9-15-7-11(2)12(14)8-15/h10-12H,3-9,14H2,1-2H3. The monoisotopic (exact) mass is 239 g/mol. The van der Waals surface area contributed by atoms with Crippen LogP contribution in [0.4, 0.5) is 0 Å². The first-order valence-corrected chi connectivity index (χ1v) is 6.82. The molecule has 2 aliphatic heterocycles. The van der Waals surface area contributed by atoms with Crippen molar-refractivity contribution >= 4 is 5.91 Å². The third kappa shape index (κ3) is 3.19. The fourth-order valence-corrected chi connectivity index (χ4v) is 2.93. The minimum absolute atomic E-state index is 0.239.